The van der Waals surface area contributed by atoms with Crippen LogP contribution in [0.1, 0.15) is 64.5 Å². The molecule has 2 aliphatic rings. The second-order valence-electron chi connectivity index (χ2n) is 9.57. The van der Waals surface area contributed by atoms with Crippen LogP contribution in [0.25, 0.3) is 10.5 Å². The summed E-state index contributed by atoms with van der Waals surface area (Å²) in [6.45, 7) is 8.23. The molecule has 2 heterocycles. The third-order valence-corrected chi connectivity index (χ3v) is 9.93. The second-order valence-corrected chi connectivity index (χ2v) is 12.3. The molecule has 0 atom stereocenters. The Kier molecular flexibility index (Phi) is 9.06. The number of thioether (sulfide) groups is 2. The van der Waals surface area contributed by atoms with E-state index in [1.165, 1.54) is 23.5 Å². The number of carbonyl (C=O) groups is 2. The summed E-state index contributed by atoms with van der Waals surface area (Å²) in [6.07, 6.45) is 3.36. The van der Waals surface area contributed by atoms with Crippen molar-refractivity contribution in [2.45, 2.75) is 58.9 Å². The predicted molar refractivity (Wildman–Crippen MR) is 163 cm³/mol. The normalized spacial score (nSPS) is 18.4. The van der Waals surface area contributed by atoms with Gasteiger partial charge in [-0.1, -0.05) is 85.8 Å². The Labute approximate surface area is 239 Å². The number of ether oxygens (including phenoxy) is 2. The maximum atomic E-state index is 13.6. The Hall–Kier alpha value is -2.55. The summed E-state index contributed by atoms with van der Waals surface area (Å²) in [4.78, 5) is 30.5. The van der Waals surface area contributed by atoms with Crippen LogP contribution in [0, 0.1) is 0 Å². The molecule has 4 rings (SSSR count). The molecule has 0 aromatic heterocycles. The van der Waals surface area contributed by atoms with Crippen molar-refractivity contribution in [3.05, 3.63) is 68.8 Å². The molecule has 0 bridgehead atoms. The van der Waals surface area contributed by atoms with Gasteiger partial charge in [0.25, 0.3) is 0 Å². The molecule has 0 aliphatic carbocycles. The molecular formula is C30H33NO4S3. The van der Waals surface area contributed by atoms with E-state index >= 15 is 0 Å². The van der Waals surface area contributed by atoms with Gasteiger partial charge in [0.1, 0.15) is 10.7 Å². The zero-order chi connectivity index (χ0) is 27.4. The lowest BCUT2D eigenvalue weighted by Crippen LogP contribution is -2.55. The first kappa shape index (κ1) is 28.5. The minimum Gasteiger partial charge on any atom is -0.497 e. The Balaban J connectivity index is 1.87. The van der Waals surface area contributed by atoms with Crippen LogP contribution in [0.15, 0.2) is 57.7 Å². The first-order valence-corrected chi connectivity index (χ1v) is 14.9. The van der Waals surface area contributed by atoms with Gasteiger partial charge in [0, 0.05) is 22.5 Å². The standard InChI is InChI=1S/C30H33NO4S3/c1-6-8-10-15-23(32)31-22-17-16-20(34-5)18-21(22)24(27(36)30(31,3)4)29-37-25(19-13-11-9-12-14-19)26(38-29)28(33)35-7-2/h9,11-14,16-18H,6-8,10,15H2,1-5H3. The number of carbonyl (C=O) groups excluding carboxylic acids is 2. The fourth-order valence-electron chi connectivity index (χ4n) is 4.67. The Morgan fingerprint density at radius 3 is 2.42 bits per heavy atom. The van der Waals surface area contributed by atoms with Gasteiger partial charge >= 0.3 is 5.97 Å². The quantitative estimate of drug-likeness (QED) is 0.139. The van der Waals surface area contributed by atoms with E-state index in [0.717, 1.165) is 50.8 Å². The summed E-state index contributed by atoms with van der Waals surface area (Å²) in [5, 5.41) is 0. The highest BCUT2D eigenvalue weighted by Gasteiger charge is 2.45. The molecule has 200 valence electrons. The molecule has 1 amide bonds. The average Bonchev–Trinajstić information content (AvgIpc) is 3.35. The average molecular weight is 568 g/mol. The molecule has 8 heteroatoms. The fourth-order valence-corrected chi connectivity index (χ4v) is 7.80. The van der Waals surface area contributed by atoms with Crippen molar-refractivity contribution in [3.8, 4) is 5.75 Å². The monoisotopic (exact) mass is 567 g/mol. The molecule has 5 nitrogen and oxygen atoms in total. The Bertz CT molecular complexity index is 1310. The molecule has 0 saturated heterocycles. The summed E-state index contributed by atoms with van der Waals surface area (Å²) in [6, 6.07) is 15.6. The van der Waals surface area contributed by atoms with E-state index in [0.29, 0.717) is 28.5 Å². The van der Waals surface area contributed by atoms with Gasteiger partial charge in [0.15, 0.2) is 0 Å². The third-order valence-electron chi connectivity index (χ3n) is 6.60. The van der Waals surface area contributed by atoms with Crippen molar-refractivity contribution in [2.24, 2.45) is 0 Å². The van der Waals surface area contributed by atoms with E-state index < -0.39 is 5.54 Å². The number of benzene rings is 2. The van der Waals surface area contributed by atoms with E-state index in [9.17, 15) is 9.59 Å². The molecule has 0 saturated carbocycles. The summed E-state index contributed by atoms with van der Waals surface area (Å²) >= 11 is 9.07. The van der Waals surface area contributed by atoms with Crippen molar-refractivity contribution < 1.29 is 19.1 Å². The number of unbranched alkanes of at least 4 members (excludes halogenated alkanes) is 2. The summed E-state index contributed by atoms with van der Waals surface area (Å²) in [5.74, 6) is 0.389. The van der Waals surface area contributed by atoms with Crippen LogP contribution in [0.5, 0.6) is 5.75 Å². The minimum absolute atomic E-state index is 0.0586. The molecule has 0 radical (unpaired) electrons. The molecule has 0 fully saturated rings. The summed E-state index contributed by atoms with van der Waals surface area (Å²) in [5.41, 5.74) is 2.72. The number of amides is 1. The van der Waals surface area contributed by atoms with E-state index in [-0.39, 0.29) is 11.9 Å². The predicted octanol–water partition coefficient (Wildman–Crippen LogP) is 7.85. The molecule has 2 aliphatic heterocycles. The molecular weight excluding hydrogens is 535 g/mol. The molecule has 38 heavy (non-hydrogen) atoms. The van der Waals surface area contributed by atoms with Gasteiger partial charge < -0.3 is 14.4 Å². The SMILES string of the molecule is CCCCCC(=O)N1c2ccc(OC)cc2C(=C2SC(C(=O)OCC)=C(c3ccccc3)S2)C(=S)C1(C)C. The van der Waals surface area contributed by atoms with Gasteiger partial charge in [-0.15, -0.1) is 0 Å². The Morgan fingerprint density at radius 2 is 1.76 bits per heavy atom. The van der Waals surface area contributed by atoms with Crippen LogP contribution in [0.2, 0.25) is 0 Å². The lowest BCUT2D eigenvalue weighted by molar-refractivity contribution is -0.137. The van der Waals surface area contributed by atoms with E-state index in [1.807, 2.05) is 67.3 Å². The minimum atomic E-state index is -0.733. The van der Waals surface area contributed by atoms with Crippen LogP contribution in [0.3, 0.4) is 0 Å². The molecule has 0 spiro atoms. The van der Waals surface area contributed by atoms with Crippen LogP contribution < -0.4 is 9.64 Å². The lowest BCUT2D eigenvalue weighted by Gasteiger charge is -2.45. The largest absolute Gasteiger partial charge is 0.497 e. The number of hydrogen-bond acceptors (Lipinski definition) is 7. The number of fused-ring (bicyclic) bond motifs is 1. The summed E-state index contributed by atoms with van der Waals surface area (Å²) < 4.78 is 11.9. The van der Waals surface area contributed by atoms with E-state index in [1.54, 1.807) is 14.0 Å². The number of rotatable bonds is 8. The van der Waals surface area contributed by atoms with Gasteiger partial charge in [-0.2, -0.15) is 0 Å². The number of hydrogen-bond donors (Lipinski definition) is 0. The maximum Gasteiger partial charge on any atom is 0.346 e. The zero-order valence-electron chi connectivity index (χ0n) is 22.5. The highest BCUT2D eigenvalue weighted by Crippen LogP contribution is 2.58. The van der Waals surface area contributed by atoms with Crippen LogP contribution in [-0.4, -0.2) is 36.0 Å². The van der Waals surface area contributed by atoms with Gasteiger partial charge in [0.05, 0.1) is 34.0 Å². The first-order valence-electron chi connectivity index (χ1n) is 12.9. The highest BCUT2D eigenvalue weighted by molar-refractivity contribution is 8.32. The molecule has 0 N–H and O–H groups in total. The van der Waals surface area contributed by atoms with Crippen LogP contribution in [0.4, 0.5) is 5.69 Å². The topological polar surface area (TPSA) is 55.8 Å². The fraction of sp³-hybridized carbons (Fsp3) is 0.367. The molecule has 2 aromatic rings. The van der Waals surface area contributed by atoms with Crippen molar-refractivity contribution in [2.75, 3.05) is 18.6 Å². The van der Waals surface area contributed by atoms with Crippen LogP contribution >= 0.6 is 35.7 Å². The maximum absolute atomic E-state index is 13.6. The van der Waals surface area contributed by atoms with Crippen molar-refractivity contribution in [1.82, 2.24) is 0 Å². The van der Waals surface area contributed by atoms with Crippen LogP contribution in [-0.2, 0) is 14.3 Å². The van der Waals surface area contributed by atoms with Gasteiger partial charge in [-0.3, -0.25) is 4.79 Å². The van der Waals surface area contributed by atoms with E-state index in [4.69, 9.17) is 21.7 Å². The smallest absolute Gasteiger partial charge is 0.346 e. The number of anilines is 1. The van der Waals surface area contributed by atoms with Gasteiger partial charge in [-0.05, 0) is 51.0 Å². The zero-order valence-corrected chi connectivity index (χ0v) is 24.9. The van der Waals surface area contributed by atoms with Crippen molar-refractivity contribution >= 4 is 68.6 Å². The molecule has 0 unspecified atom stereocenters. The highest BCUT2D eigenvalue weighted by atomic mass is 32.2. The Morgan fingerprint density at radius 1 is 1.03 bits per heavy atom. The number of methoxy groups -OCH3 is 1. The van der Waals surface area contributed by atoms with Crippen molar-refractivity contribution in [3.63, 3.8) is 0 Å². The first-order chi connectivity index (χ1) is 18.2. The molecule has 2 aromatic carbocycles. The number of nitrogens with zero attached hydrogens (tertiary/aromatic N) is 1. The van der Waals surface area contributed by atoms with Crippen molar-refractivity contribution in [1.29, 1.82) is 0 Å². The van der Waals surface area contributed by atoms with E-state index in [2.05, 4.69) is 6.92 Å². The van der Waals surface area contributed by atoms with Gasteiger partial charge in [0.2, 0.25) is 5.91 Å². The second kappa shape index (κ2) is 12.1. The number of thiocarbonyl (C=S) groups is 1. The summed E-state index contributed by atoms with van der Waals surface area (Å²) in [7, 11) is 1.63. The lowest BCUT2D eigenvalue weighted by atomic mass is 9.83. The third kappa shape index (κ3) is 5.44. The number of esters is 1. The van der Waals surface area contributed by atoms with Gasteiger partial charge in [-0.25, -0.2) is 4.79 Å².